The number of amides is 1. The lowest BCUT2D eigenvalue weighted by atomic mass is 10.1. The summed E-state index contributed by atoms with van der Waals surface area (Å²) in [6, 6.07) is 14.1. The molecule has 190 valence electrons. The number of benzene rings is 2. The Bertz CT molecular complexity index is 1380. The molecule has 2 atom stereocenters. The predicted octanol–water partition coefficient (Wildman–Crippen LogP) is 3.66. The number of tetrazole rings is 1. The van der Waals surface area contributed by atoms with Crippen LogP contribution in [0.25, 0.3) is 0 Å². The number of ether oxygens (including phenoxy) is 4. The SMILES string of the molecule is CC(Oc1ccc(CNC(=O)c2scnc2OC2=COC(Cc3ccccc3)O2)c(F)c1)c1nn[nH]n1. The van der Waals surface area contributed by atoms with E-state index in [-0.39, 0.29) is 28.8 Å². The maximum atomic E-state index is 14.6. The Morgan fingerprint density at radius 1 is 1.27 bits per heavy atom. The van der Waals surface area contributed by atoms with E-state index in [0.717, 1.165) is 16.9 Å². The van der Waals surface area contributed by atoms with Crippen molar-refractivity contribution in [2.45, 2.75) is 32.3 Å². The fraction of sp³-hybridized carbons (Fsp3) is 0.208. The van der Waals surface area contributed by atoms with Crippen molar-refractivity contribution in [2.75, 3.05) is 0 Å². The molecule has 4 aromatic rings. The van der Waals surface area contributed by atoms with Gasteiger partial charge in [0.2, 0.25) is 18.0 Å². The first-order chi connectivity index (χ1) is 18.0. The van der Waals surface area contributed by atoms with Gasteiger partial charge in [-0.2, -0.15) is 5.21 Å². The van der Waals surface area contributed by atoms with E-state index in [0.29, 0.717) is 18.0 Å². The van der Waals surface area contributed by atoms with Crippen molar-refractivity contribution < 1.29 is 28.1 Å². The monoisotopic (exact) mass is 524 g/mol. The van der Waals surface area contributed by atoms with E-state index >= 15 is 0 Å². The van der Waals surface area contributed by atoms with E-state index < -0.39 is 24.1 Å². The normalized spacial score (nSPS) is 15.3. The summed E-state index contributed by atoms with van der Waals surface area (Å²) in [5.41, 5.74) is 2.79. The molecule has 1 aliphatic heterocycles. The average molecular weight is 525 g/mol. The van der Waals surface area contributed by atoms with Gasteiger partial charge in [0.15, 0.2) is 17.2 Å². The Morgan fingerprint density at radius 3 is 2.92 bits per heavy atom. The zero-order chi connectivity index (χ0) is 25.6. The number of H-pyrrole nitrogens is 1. The first kappa shape index (κ1) is 24.2. The lowest BCUT2D eigenvalue weighted by Gasteiger charge is -2.13. The van der Waals surface area contributed by atoms with Gasteiger partial charge in [-0.3, -0.25) is 4.79 Å². The molecule has 0 aliphatic carbocycles. The highest BCUT2D eigenvalue weighted by atomic mass is 32.1. The van der Waals surface area contributed by atoms with Crippen LogP contribution in [0.1, 0.15) is 39.7 Å². The molecule has 0 saturated carbocycles. The maximum Gasteiger partial charge on any atom is 0.325 e. The van der Waals surface area contributed by atoms with Crippen molar-refractivity contribution in [3.8, 4) is 11.6 Å². The molecular formula is C24H21FN6O5S. The number of halogens is 1. The van der Waals surface area contributed by atoms with E-state index in [1.54, 1.807) is 13.0 Å². The van der Waals surface area contributed by atoms with E-state index in [1.165, 1.54) is 23.9 Å². The summed E-state index contributed by atoms with van der Waals surface area (Å²) >= 11 is 1.09. The number of hydrogen-bond donors (Lipinski definition) is 2. The van der Waals surface area contributed by atoms with Gasteiger partial charge in [-0.1, -0.05) is 41.6 Å². The predicted molar refractivity (Wildman–Crippen MR) is 128 cm³/mol. The van der Waals surface area contributed by atoms with Gasteiger partial charge in [0.05, 0.1) is 5.51 Å². The molecule has 2 aromatic heterocycles. The van der Waals surface area contributed by atoms with Crippen LogP contribution in [-0.4, -0.2) is 37.8 Å². The van der Waals surface area contributed by atoms with Gasteiger partial charge < -0.3 is 24.3 Å². The number of hydrogen-bond acceptors (Lipinski definition) is 10. The topological polar surface area (TPSA) is 133 Å². The third-order valence-corrected chi connectivity index (χ3v) is 6.06. The molecule has 2 aromatic carbocycles. The number of rotatable bonds is 10. The number of thiazole rings is 1. The standard InChI is InChI=1S/C24H21FN6O5S/c1-14(22-28-30-31-29-22)34-17-8-7-16(18(25)10-17)11-26-23(32)21-24(27-13-37-21)36-20-12-33-19(35-20)9-15-5-3-2-4-6-15/h2-8,10,12-14,19H,9,11H2,1H3,(H,26,32)(H,28,29,30,31). The summed E-state index contributed by atoms with van der Waals surface area (Å²) in [7, 11) is 0. The number of carbonyl (C=O) groups excluding carboxylic acids is 1. The van der Waals surface area contributed by atoms with Gasteiger partial charge in [0, 0.05) is 24.6 Å². The minimum atomic E-state index is -0.543. The minimum Gasteiger partial charge on any atom is -0.482 e. The summed E-state index contributed by atoms with van der Waals surface area (Å²) < 4.78 is 37.1. The van der Waals surface area contributed by atoms with Crippen LogP contribution >= 0.6 is 11.3 Å². The Morgan fingerprint density at radius 2 is 2.14 bits per heavy atom. The Labute approximate surface area is 214 Å². The largest absolute Gasteiger partial charge is 0.482 e. The summed E-state index contributed by atoms with van der Waals surface area (Å²) in [5, 5.41) is 16.2. The zero-order valence-electron chi connectivity index (χ0n) is 19.5. The van der Waals surface area contributed by atoms with Crippen molar-refractivity contribution in [1.82, 2.24) is 30.9 Å². The maximum absolute atomic E-state index is 14.6. The number of aromatic nitrogens is 5. The first-order valence-corrected chi connectivity index (χ1v) is 12.1. The van der Waals surface area contributed by atoms with Crippen molar-refractivity contribution in [2.24, 2.45) is 0 Å². The summed E-state index contributed by atoms with van der Waals surface area (Å²) in [4.78, 5) is 17.1. The third-order valence-electron chi connectivity index (χ3n) is 5.25. The minimum absolute atomic E-state index is 0.0514. The smallest absolute Gasteiger partial charge is 0.325 e. The molecule has 0 bridgehead atoms. The highest BCUT2D eigenvalue weighted by molar-refractivity contribution is 7.12. The molecule has 5 rings (SSSR count). The number of nitrogens with zero attached hydrogens (tertiary/aromatic N) is 4. The van der Waals surface area contributed by atoms with Crippen LogP contribution in [0.5, 0.6) is 11.6 Å². The highest BCUT2D eigenvalue weighted by Crippen LogP contribution is 2.27. The van der Waals surface area contributed by atoms with Crippen molar-refractivity contribution >= 4 is 17.2 Å². The Kier molecular flexibility index (Phi) is 7.21. The van der Waals surface area contributed by atoms with Crippen molar-refractivity contribution in [3.63, 3.8) is 0 Å². The lowest BCUT2D eigenvalue weighted by Crippen LogP contribution is -2.23. The van der Waals surface area contributed by atoms with Crippen LogP contribution in [0.3, 0.4) is 0 Å². The van der Waals surface area contributed by atoms with Gasteiger partial charge >= 0.3 is 5.95 Å². The molecule has 0 spiro atoms. The van der Waals surface area contributed by atoms with E-state index in [9.17, 15) is 9.18 Å². The van der Waals surface area contributed by atoms with Gasteiger partial charge in [-0.25, -0.2) is 9.37 Å². The molecular weight excluding hydrogens is 503 g/mol. The van der Waals surface area contributed by atoms with E-state index in [4.69, 9.17) is 18.9 Å². The molecule has 3 heterocycles. The second-order valence-corrected chi connectivity index (χ2v) is 8.72. The second kappa shape index (κ2) is 11.0. The molecule has 11 nitrogen and oxygen atoms in total. The number of carbonyl (C=O) groups is 1. The Hall–Kier alpha value is -4.52. The molecule has 0 fully saturated rings. The van der Waals surface area contributed by atoms with Crippen LogP contribution < -0.4 is 14.8 Å². The Balaban J connectivity index is 1.14. The highest BCUT2D eigenvalue weighted by Gasteiger charge is 2.25. The summed E-state index contributed by atoms with van der Waals surface area (Å²) in [5.74, 6) is -0.208. The summed E-state index contributed by atoms with van der Waals surface area (Å²) in [6.45, 7) is 1.66. The number of aromatic amines is 1. The first-order valence-electron chi connectivity index (χ1n) is 11.2. The molecule has 37 heavy (non-hydrogen) atoms. The van der Waals surface area contributed by atoms with Gasteiger partial charge in [0.1, 0.15) is 11.6 Å². The van der Waals surface area contributed by atoms with Crippen molar-refractivity contribution in [3.05, 3.63) is 93.9 Å². The molecule has 1 aliphatic rings. The lowest BCUT2D eigenvalue weighted by molar-refractivity contribution is -0.0524. The molecule has 13 heteroatoms. The molecule has 0 radical (unpaired) electrons. The molecule has 2 N–H and O–H groups in total. The summed E-state index contributed by atoms with van der Waals surface area (Å²) in [6.07, 6.45) is 0.803. The quantitative estimate of drug-likeness (QED) is 0.319. The third kappa shape index (κ3) is 6.01. The van der Waals surface area contributed by atoms with E-state index in [1.807, 2.05) is 30.3 Å². The van der Waals surface area contributed by atoms with Crippen LogP contribution in [0.15, 0.2) is 66.2 Å². The van der Waals surface area contributed by atoms with Crippen LogP contribution in [0, 0.1) is 5.82 Å². The van der Waals surface area contributed by atoms with Gasteiger partial charge in [-0.05, 0) is 18.6 Å². The van der Waals surface area contributed by atoms with E-state index in [2.05, 4.69) is 30.9 Å². The fourth-order valence-corrected chi connectivity index (χ4v) is 4.04. The van der Waals surface area contributed by atoms with Gasteiger partial charge in [0.25, 0.3) is 5.91 Å². The van der Waals surface area contributed by atoms with Gasteiger partial charge in [-0.15, -0.1) is 21.5 Å². The molecule has 1 amide bonds. The van der Waals surface area contributed by atoms with Crippen LogP contribution in [0.4, 0.5) is 4.39 Å². The second-order valence-electron chi connectivity index (χ2n) is 7.86. The average Bonchev–Trinajstić information content (AvgIpc) is 3.67. The fourth-order valence-electron chi connectivity index (χ4n) is 3.41. The number of nitrogens with one attached hydrogen (secondary N) is 2. The van der Waals surface area contributed by atoms with Crippen molar-refractivity contribution in [1.29, 1.82) is 0 Å². The molecule has 2 unspecified atom stereocenters. The molecule has 0 saturated heterocycles. The van der Waals surface area contributed by atoms with Crippen LogP contribution in [-0.2, 0) is 22.4 Å². The zero-order valence-corrected chi connectivity index (χ0v) is 20.3. The van der Waals surface area contributed by atoms with Crippen LogP contribution in [0.2, 0.25) is 0 Å².